The lowest BCUT2D eigenvalue weighted by molar-refractivity contribution is -0.118. The zero-order chi connectivity index (χ0) is 20.3. The molecule has 0 aliphatic carbocycles. The number of nitrogens with zero attached hydrogens (tertiary/aromatic N) is 2. The molecule has 2 atom stereocenters. The number of thiophene rings is 1. The molecule has 3 rings (SSSR count). The number of carbonyl (C=O) groups excluding carboxylic acids is 2. The van der Waals surface area contributed by atoms with E-state index in [9.17, 15) is 9.59 Å². The Hall–Kier alpha value is -2.18. The summed E-state index contributed by atoms with van der Waals surface area (Å²) in [6, 6.07) is 8.36. The Morgan fingerprint density at radius 2 is 1.79 bits per heavy atom. The van der Waals surface area contributed by atoms with Crippen molar-refractivity contribution in [2.75, 3.05) is 16.8 Å². The van der Waals surface area contributed by atoms with Crippen molar-refractivity contribution in [1.82, 2.24) is 4.90 Å². The smallest absolute Gasteiger partial charge is 0.258 e. The van der Waals surface area contributed by atoms with Crippen molar-refractivity contribution in [3.63, 3.8) is 0 Å². The Morgan fingerprint density at radius 3 is 2.46 bits per heavy atom. The highest BCUT2D eigenvalue weighted by Crippen LogP contribution is 2.39. The van der Waals surface area contributed by atoms with E-state index >= 15 is 0 Å². The number of fused-ring (bicyclic) bond motifs is 2. The van der Waals surface area contributed by atoms with Gasteiger partial charge in [-0.15, -0.1) is 11.3 Å². The van der Waals surface area contributed by atoms with E-state index in [2.05, 4.69) is 37.9 Å². The first-order valence-electron chi connectivity index (χ1n) is 10.0. The van der Waals surface area contributed by atoms with Crippen LogP contribution in [-0.2, 0) is 4.79 Å². The van der Waals surface area contributed by atoms with E-state index in [1.165, 1.54) is 11.3 Å². The van der Waals surface area contributed by atoms with Gasteiger partial charge in [-0.3, -0.25) is 19.4 Å². The standard InChI is InChI=1S/C22H29N3O2S/c1-5-15(3)24(16(4)6-2)12-11-21(26)25-19-10-8-7-9-18(19)23-22(27)17-13-28-14-20(17)25/h7-10,13-16H,5-6,11-12H2,1-4H3,(H,23,27). The van der Waals surface area contributed by atoms with Gasteiger partial charge in [0.05, 0.1) is 22.6 Å². The van der Waals surface area contributed by atoms with Crippen LogP contribution in [0.4, 0.5) is 17.1 Å². The molecule has 0 bridgehead atoms. The maximum Gasteiger partial charge on any atom is 0.258 e. The number of hydrogen-bond acceptors (Lipinski definition) is 4. The summed E-state index contributed by atoms with van der Waals surface area (Å²) in [6.07, 6.45) is 2.52. The Morgan fingerprint density at radius 1 is 1.11 bits per heavy atom. The molecule has 0 saturated carbocycles. The fourth-order valence-corrected chi connectivity index (χ4v) is 4.47. The minimum atomic E-state index is -0.167. The lowest BCUT2D eigenvalue weighted by atomic mass is 10.1. The molecule has 2 aromatic rings. The van der Waals surface area contributed by atoms with Crippen LogP contribution in [0.1, 0.15) is 57.3 Å². The summed E-state index contributed by atoms with van der Waals surface area (Å²) in [4.78, 5) is 30.1. The Kier molecular flexibility index (Phi) is 6.52. The van der Waals surface area contributed by atoms with Gasteiger partial charge in [-0.25, -0.2) is 0 Å². The number of nitrogens with one attached hydrogen (secondary N) is 1. The fraction of sp³-hybridized carbons (Fsp3) is 0.455. The van der Waals surface area contributed by atoms with E-state index in [0.29, 0.717) is 42.0 Å². The third-order valence-electron chi connectivity index (χ3n) is 5.67. The molecule has 0 radical (unpaired) electrons. The van der Waals surface area contributed by atoms with Crippen molar-refractivity contribution in [1.29, 1.82) is 0 Å². The van der Waals surface area contributed by atoms with Gasteiger partial charge in [-0.2, -0.15) is 0 Å². The summed E-state index contributed by atoms with van der Waals surface area (Å²) in [5.41, 5.74) is 2.63. The van der Waals surface area contributed by atoms with Gasteiger partial charge >= 0.3 is 0 Å². The molecule has 6 heteroatoms. The molecule has 2 amide bonds. The van der Waals surface area contributed by atoms with Gasteiger partial charge in [0.25, 0.3) is 5.91 Å². The molecule has 2 unspecified atom stereocenters. The number of carbonyl (C=O) groups is 2. The zero-order valence-corrected chi connectivity index (χ0v) is 17.9. The minimum absolute atomic E-state index is 0.0141. The first kappa shape index (κ1) is 20.6. The third-order valence-corrected chi connectivity index (χ3v) is 6.40. The van der Waals surface area contributed by atoms with Crippen LogP contribution in [-0.4, -0.2) is 35.3 Å². The van der Waals surface area contributed by atoms with E-state index in [0.717, 1.165) is 18.5 Å². The van der Waals surface area contributed by atoms with Crippen molar-refractivity contribution in [3.05, 3.63) is 40.6 Å². The Balaban J connectivity index is 1.89. The van der Waals surface area contributed by atoms with Gasteiger partial charge in [0.1, 0.15) is 0 Å². The molecule has 150 valence electrons. The number of hydrogen-bond donors (Lipinski definition) is 1. The average molecular weight is 400 g/mol. The molecular weight excluding hydrogens is 370 g/mol. The first-order valence-corrected chi connectivity index (χ1v) is 11.0. The highest BCUT2D eigenvalue weighted by molar-refractivity contribution is 7.08. The monoisotopic (exact) mass is 399 g/mol. The molecule has 0 saturated heterocycles. The van der Waals surface area contributed by atoms with Crippen molar-refractivity contribution < 1.29 is 9.59 Å². The van der Waals surface area contributed by atoms with E-state index in [1.54, 1.807) is 10.3 Å². The SMILES string of the molecule is CCC(C)N(CCC(=O)N1c2ccccc2NC(=O)c2cscc21)C(C)CC. The summed E-state index contributed by atoms with van der Waals surface area (Å²) >= 11 is 1.44. The summed E-state index contributed by atoms with van der Waals surface area (Å²) < 4.78 is 0. The molecule has 1 aliphatic heterocycles. The second kappa shape index (κ2) is 8.88. The van der Waals surface area contributed by atoms with Crippen LogP contribution < -0.4 is 10.2 Å². The summed E-state index contributed by atoms with van der Waals surface area (Å²) in [7, 11) is 0. The first-order chi connectivity index (χ1) is 13.5. The Bertz CT molecular complexity index is 838. The Labute approximate surface area is 171 Å². The van der Waals surface area contributed by atoms with E-state index < -0.39 is 0 Å². The zero-order valence-electron chi connectivity index (χ0n) is 17.1. The lowest BCUT2D eigenvalue weighted by Gasteiger charge is -2.34. The molecular formula is C22H29N3O2S. The normalized spacial score (nSPS) is 15.5. The third kappa shape index (κ3) is 3.98. The number of benzene rings is 1. The topological polar surface area (TPSA) is 52.7 Å². The minimum Gasteiger partial charge on any atom is -0.320 e. The maximum atomic E-state index is 13.4. The molecule has 1 aromatic heterocycles. The molecule has 5 nitrogen and oxygen atoms in total. The van der Waals surface area contributed by atoms with Crippen molar-refractivity contribution >= 4 is 40.2 Å². The fourth-order valence-electron chi connectivity index (χ4n) is 3.68. The average Bonchev–Trinajstić information content (AvgIpc) is 3.14. The molecule has 1 N–H and O–H groups in total. The predicted molar refractivity (Wildman–Crippen MR) is 117 cm³/mol. The van der Waals surface area contributed by atoms with Gasteiger partial charge < -0.3 is 5.32 Å². The predicted octanol–water partition coefficient (Wildman–Crippen LogP) is 5.27. The van der Waals surface area contributed by atoms with Gasteiger partial charge in [0.2, 0.25) is 5.91 Å². The van der Waals surface area contributed by atoms with Crippen molar-refractivity contribution in [3.8, 4) is 0 Å². The van der Waals surface area contributed by atoms with Crippen LogP contribution in [0.3, 0.4) is 0 Å². The summed E-state index contributed by atoms with van der Waals surface area (Å²) in [5.74, 6) is -0.153. The highest BCUT2D eigenvalue weighted by Gasteiger charge is 2.30. The van der Waals surface area contributed by atoms with Crippen LogP contribution in [0.25, 0.3) is 0 Å². The van der Waals surface area contributed by atoms with Crippen LogP contribution in [0.5, 0.6) is 0 Å². The number of amides is 2. The maximum absolute atomic E-state index is 13.4. The van der Waals surface area contributed by atoms with Crippen LogP contribution >= 0.6 is 11.3 Å². The number of anilines is 3. The van der Waals surface area contributed by atoms with Crippen molar-refractivity contribution in [2.45, 2.75) is 59.0 Å². The quantitative estimate of drug-likeness (QED) is 0.690. The second-order valence-corrected chi connectivity index (χ2v) is 8.12. The summed E-state index contributed by atoms with van der Waals surface area (Å²) in [5, 5.41) is 6.62. The van der Waals surface area contributed by atoms with Crippen LogP contribution in [0, 0.1) is 0 Å². The van der Waals surface area contributed by atoms with Gasteiger partial charge in [-0.1, -0.05) is 26.0 Å². The number of para-hydroxylation sites is 2. The number of rotatable bonds is 7. The second-order valence-electron chi connectivity index (χ2n) is 7.37. The highest BCUT2D eigenvalue weighted by atomic mass is 32.1. The van der Waals surface area contributed by atoms with Gasteiger partial charge in [-0.05, 0) is 38.8 Å². The summed E-state index contributed by atoms with van der Waals surface area (Å²) in [6.45, 7) is 9.51. The largest absolute Gasteiger partial charge is 0.320 e. The van der Waals surface area contributed by atoms with Crippen molar-refractivity contribution in [2.24, 2.45) is 0 Å². The molecule has 0 spiro atoms. The van der Waals surface area contributed by atoms with Gasteiger partial charge in [0.15, 0.2) is 0 Å². The van der Waals surface area contributed by atoms with E-state index in [-0.39, 0.29) is 11.8 Å². The van der Waals surface area contributed by atoms with Crippen LogP contribution in [0.15, 0.2) is 35.0 Å². The molecule has 1 aliphatic rings. The molecule has 28 heavy (non-hydrogen) atoms. The molecule has 0 fully saturated rings. The van der Waals surface area contributed by atoms with E-state index in [4.69, 9.17) is 0 Å². The van der Waals surface area contributed by atoms with E-state index in [1.807, 2.05) is 29.6 Å². The molecule has 1 aromatic carbocycles. The van der Waals surface area contributed by atoms with Gasteiger partial charge in [0, 0.05) is 35.8 Å². The molecule has 2 heterocycles. The van der Waals surface area contributed by atoms with Crippen LogP contribution in [0.2, 0.25) is 0 Å². The lowest BCUT2D eigenvalue weighted by Crippen LogP contribution is -2.42.